The van der Waals surface area contributed by atoms with Crippen molar-refractivity contribution in [2.24, 2.45) is 0 Å². The molecule has 16 heavy (non-hydrogen) atoms. The van der Waals surface area contributed by atoms with Gasteiger partial charge in [0.05, 0.1) is 13.5 Å². The third-order valence-corrected chi connectivity index (χ3v) is 3.81. The molecule has 0 N–H and O–H groups in total. The summed E-state index contributed by atoms with van der Waals surface area (Å²) in [5, 5.41) is 0. The van der Waals surface area contributed by atoms with Crippen LogP contribution in [0.1, 0.15) is 20.3 Å². The van der Waals surface area contributed by atoms with E-state index in [2.05, 4.69) is 24.8 Å². The maximum Gasteiger partial charge on any atom is 0.307 e. The molecule has 1 saturated heterocycles. The highest BCUT2D eigenvalue weighted by molar-refractivity contribution is 7.99. The predicted molar refractivity (Wildman–Crippen MR) is 68.8 cm³/mol. The molecule has 92 valence electrons. The maximum atomic E-state index is 11.3. The zero-order valence-electron chi connectivity index (χ0n) is 10.4. The van der Waals surface area contributed by atoms with Gasteiger partial charge in [-0.1, -0.05) is 11.6 Å². The molecule has 1 aliphatic rings. The highest BCUT2D eigenvalue weighted by Gasteiger charge is 2.24. The van der Waals surface area contributed by atoms with Crippen LogP contribution in [0.5, 0.6) is 0 Å². The third kappa shape index (κ3) is 4.58. The molecule has 0 radical (unpaired) electrons. The summed E-state index contributed by atoms with van der Waals surface area (Å²) < 4.78 is 4.74. The summed E-state index contributed by atoms with van der Waals surface area (Å²) in [6.45, 7) is 6.22. The molecule has 1 heterocycles. The Morgan fingerprint density at radius 3 is 2.94 bits per heavy atom. The molecule has 0 bridgehead atoms. The molecule has 0 amide bonds. The van der Waals surface area contributed by atoms with Gasteiger partial charge in [-0.05, 0) is 13.8 Å². The van der Waals surface area contributed by atoms with E-state index in [-0.39, 0.29) is 5.97 Å². The minimum atomic E-state index is -0.102. The topological polar surface area (TPSA) is 29.5 Å². The van der Waals surface area contributed by atoms with Gasteiger partial charge in [0.15, 0.2) is 0 Å². The van der Waals surface area contributed by atoms with Crippen LogP contribution in [0.4, 0.5) is 0 Å². The third-order valence-electron chi connectivity index (χ3n) is 2.71. The maximum absolute atomic E-state index is 11.3. The number of allylic oxidation sites excluding steroid dienone is 1. The van der Waals surface area contributed by atoms with Crippen LogP contribution >= 0.6 is 11.8 Å². The molecule has 0 aromatic carbocycles. The standard InChI is InChI=1S/C12H21NO2S/c1-10(2)4-5-13-6-7-16-9-11(13)8-12(14)15-3/h4,11H,5-9H2,1-3H3/t11-/m1/s1. The second kappa shape index (κ2) is 6.97. The van der Waals surface area contributed by atoms with Gasteiger partial charge in [0.2, 0.25) is 0 Å². The second-order valence-electron chi connectivity index (χ2n) is 4.29. The molecule has 4 heteroatoms. The zero-order chi connectivity index (χ0) is 12.0. The fourth-order valence-electron chi connectivity index (χ4n) is 1.69. The number of carbonyl (C=O) groups excluding carboxylic acids is 1. The van der Waals surface area contributed by atoms with Gasteiger partial charge in [0, 0.05) is 30.6 Å². The summed E-state index contributed by atoms with van der Waals surface area (Å²) in [6, 6.07) is 0.335. The lowest BCUT2D eigenvalue weighted by molar-refractivity contribution is -0.141. The summed E-state index contributed by atoms with van der Waals surface area (Å²) in [7, 11) is 1.46. The molecule has 0 aromatic heterocycles. The normalized spacial score (nSPS) is 21.6. The van der Waals surface area contributed by atoms with Gasteiger partial charge in [0.25, 0.3) is 0 Å². The van der Waals surface area contributed by atoms with Crippen LogP contribution < -0.4 is 0 Å². The first kappa shape index (κ1) is 13.6. The smallest absolute Gasteiger partial charge is 0.307 e. The van der Waals surface area contributed by atoms with E-state index in [0.29, 0.717) is 12.5 Å². The van der Waals surface area contributed by atoms with Crippen LogP contribution in [0.15, 0.2) is 11.6 Å². The van der Waals surface area contributed by atoms with Crippen LogP contribution in [-0.4, -0.2) is 48.6 Å². The number of nitrogens with zero attached hydrogens (tertiary/aromatic N) is 1. The summed E-state index contributed by atoms with van der Waals surface area (Å²) in [4.78, 5) is 13.7. The Labute approximate surface area is 102 Å². The molecule has 1 aliphatic heterocycles. The van der Waals surface area contributed by atoms with Crippen molar-refractivity contribution < 1.29 is 9.53 Å². The molecule has 0 unspecified atom stereocenters. The Kier molecular flexibility index (Phi) is 5.91. The molecule has 1 atom stereocenters. The molecule has 0 aromatic rings. The van der Waals surface area contributed by atoms with Crippen LogP contribution in [0, 0.1) is 0 Å². The first-order chi connectivity index (χ1) is 7.63. The van der Waals surface area contributed by atoms with E-state index in [4.69, 9.17) is 4.74 Å². The number of rotatable bonds is 4. The lowest BCUT2D eigenvalue weighted by Gasteiger charge is -2.34. The fraction of sp³-hybridized carbons (Fsp3) is 0.750. The SMILES string of the molecule is COC(=O)C[C@@H]1CSCCN1CC=C(C)C. The number of esters is 1. The first-order valence-electron chi connectivity index (χ1n) is 5.65. The van der Waals surface area contributed by atoms with Crippen LogP contribution in [0.3, 0.4) is 0 Å². The van der Waals surface area contributed by atoms with E-state index in [1.165, 1.54) is 12.7 Å². The van der Waals surface area contributed by atoms with Crippen LogP contribution in [-0.2, 0) is 9.53 Å². The average molecular weight is 243 g/mol. The highest BCUT2D eigenvalue weighted by Crippen LogP contribution is 2.19. The molecular formula is C12H21NO2S. The zero-order valence-corrected chi connectivity index (χ0v) is 11.2. The van der Waals surface area contributed by atoms with Crippen molar-refractivity contribution in [3.63, 3.8) is 0 Å². The van der Waals surface area contributed by atoms with Crippen molar-refractivity contribution >= 4 is 17.7 Å². The van der Waals surface area contributed by atoms with Crippen LogP contribution in [0.2, 0.25) is 0 Å². The van der Waals surface area contributed by atoms with E-state index in [1.54, 1.807) is 0 Å². The molecule has 1 rings (SSSR count). The van der Waals surface area contributed by atoms with E-state index >= 15 is 0 Å². The van der Waals surface area contributed by atoms with Gasteiger partial charge in [-0.25, -0.2) is 0 Å². The number of ether oxygens (including phenoxy) is 1. The largest absolute Gasteiger partial charge is 0.469 e. The number of hydrogen-bond donors (Lipinski definition) is 0. The monoisotopic (exact) mass is 243 g/mol. The fourth-order valence-corrected chi connectivity index (χ4v) is 2.82. The van der Waals surface area contributed by atoms with Gasteiger partial charge in [-0.15, -0.1) is 0 Å². The molecule has 0 saturated carbocycles. The Morgan fingerprint density at radius 1 is 1.56 bits per heavy atom. The van der Waals surface area contributed by atoms with Crippen molar-refractivity contribution in [3.8, 4) is 0 Å². The molecule has 1 fully saturated rings. The van der Waals surface area contributed by atoms with Gasteiger partial charge < -0.3 is 4.74 Å². The minimum absolute atomic E-state index is 0.102. The summed E-state index contributed by atoms with van der Waals surface area (Å²) in [5.74, 6) is 2.09. The molecule has 0 spiro atoms. The van der Waals surface area contributed by atoms with Gasteiger partial charge >= 0.3 is 5.97 Å². The molecular weight excluding hydrogens is 222 g/mol. The Bertz CT molecular complexity index is 262. The van der Waals surface area contributed by atoms with E-state index in [1.807, 2.05) is 11.8 Å². The van der Waals surface area contributed by atoms with Gasteiger partial charge in [0.1, 0.15) is 0 Å². The van der Waals surface area contributed by atoms with Crippen molar-refractivity contribution in [3.05, 3.63) is 11.6 Å². The van der Waals surface area contributed by atoms with Crippen molar-refractivity contribution in [2.45, 2.75) is 26.3 Å². The molecule has 0 aliphatic carbocycles. The average Bonchev–Trinajstić information content (AvgIpc) is 2.27. The van der Waals surface area contributed by atoms with Crippen LogP contribution in [0.25, 0.3) is 0 Å². The number of thioether (sulfide) groups is 1. The van der Waals surface area contributed by atoms with E-state index in [0.717, 1.165) is 24.6 Å². The van der Waals surface area contributed by atoms with E-state index < -0.39 is 0 Å². The van der Waals surface area contributed by atoms with Gasteiger partial charge in [-0.3, -0.25) is 9.69 Å². The Balaban J connectivity index is 2.50. The summed E-state index contributed by atoms with van der Waals surface area (Å²) >= 11 is 1.92. The summed E-state index contributed by atoms with van der Waals surface area (Å²) in [6.07, 6.45) is 2.74. The summed E-state index contributed by atoms with van der Waals surface area (Å²) in [5.41, 5.74) is 1.33. The highest BCUT2D eigenvalue weighted by atomic mass is 32.2. The van der Waals surface area contributed by atoms with Crippen molar-refractivity contribution in [1.82, 2.24) is 4.90 Å². The minimum Gasteiger partial charge on any atom is -0.469 e. The molecule has 3 nitrogen and oxygen atoms in total. The Morgan fingerprint density at radius 2 is 2.31 bits per heavy atom. The number of hydrogen-bond acceptors (Lipinski definition) is 4. The predicted octanol–water partition coefficient (Wildman–Crippen LogP) is 1.93. The van der Waals surface area contributed by atoms with Crippen molar-refractivity contribution in [2.75, 3.05) is 31.7 Å². The quantitative estimate of drug-likeness (QED) is 0.557. The van der Waals surface area contributed by atoms with Crippen molar-refractivity contribution in [1.29, 1.82) is 0 Å². The Hall–Kier alpha value is -0.480. The first-order valence-corrected chi connectivity index (χ1v) is 6.81. The van der Waals surface area contributed by atoms with Gasteiger partial charge in [-0.2, -0.15) is 11.8 Å². The lowest BCUT2D eigenvalue weighted by Crippen LogP contribution is -2.43. The number of carbonyl (C=O) groups is 1. The second-order valence-corrected chi connectivity index (χ2v) is 5.44. The van der Waals surface area contributed by atoms with E-state index in [9.17, 15) is 4.79 Å². The lowest BCUT2D eigenvalue weighted by atomic mass is 10.2. The number of methoxy groups -OCH3 is 1.